The number of anilines is 1. The Kier molecular flexibility index (Phi) is 3.12. The third-order valence-electron chi connectivity index (χ3n) is 2.77. The summed E-state index contributed by atoms with van der Waals surface area (Å²) in [7, 11) is 0. The zero-order valence-corrected chi connectivity index (χ0v) is 12.3. The quantitative estimate of drug-likeness (QED) is 0.799. The molecule has 0 aliphatic rings. The first kappa shape index (κ1) is 12.4. The maximum Gasteiger partial charge on any atom is 0.129 e. The molecule has 2 aromatic heterocycles. The van der Waals surface area contributed by atoms with Gasteiger partial charge in [0.25, 0.3) is 0 Å². The minimum Gasteiger partial charge on any atom is -0.494 e. The van der Waals surface area contributed by atoms with Gasteiger partial charge in [0, 0.05) is 0 Å². The molecule has 1 aromatic carbocycles. The summed E-state index contributed by atoms with van der Waals surface area (Å²) in [6, 6.07) is 5.94. The van der Waals surface area contributed by atoms with Crippen molar-refractivity contribution in [2.75, 3.05) is 12.3 Å². The summed E-state index contributed by atoms with van der Waals surface area (Å²) >= 11 is 2.94. The highest BCUT2D eigenvalue weighted by Gasteiger charge is 2.15. The Labute approximate surface area is 119 Å². The zero-order chi connectivity index (χ0) is 13.4. The summed E-state index contributed by atoms with van der Waals surface area (Å²) in [6.07, 6.45) is 0. The molecule has 0 fully saturated rings. The van der Waals surface area contributed by atoms with Crippen molar-refractivity contribution in [2.45, 2.75) is 13.8 Å². The van der Waals surface area contributed by atoms with E-state index in [2.05, 4.69) is 9.36 Å². The molecular weight excluding hydrogens is 278 g/mol. The molecule has 0 aliphatic carbocycles. The van der Waals surface area contributed by atoms with Crippen molar-refractivity contribution in [3.8, 4) is 16.3 Å². The van der Waals surface area contributed by atoms with Gasteiger partial charge in [-0.15, -0.1) is 11.3 Å². The van der Waals surface area contributed by atoms with Crippen LogP contribution in [0.2, 0.25) is 0 Å². The number of nitrogens with two attached hydrogens (primary N) is 1. The molecule has 0 bridgehead atoms. The average Bonchev–Trinajstić information content (AvgIpc) is 2.92. The third-order valence-corrected chi connectivity index (χ3v) is 4.58. The number of fused-ring (bicyclic) bond motifs is 1. The Morgan fingerprint density at radius 2 is 2.21 bits per heavy atom. The van der Waals surface area contributed by atoms with Crippen molar-refractivity contribution in [3.05, 3.63) is 23.9 Å². The van der Waals surface area contributed by atoms with Crippen LogP contribution in [-0.2, 0) is 0 Å². The minimum atomic E-state index is 0.664. The van der Waals surface area contributed by atoms with Crippen LogP contribution in [0.15, 0.2) is 18.2 Å². The van der Waals surface area contributed by atoms with Crippen LogP contribution in [0.5, 0.6) is 5.75 Å². The molecule has 0 spiro atoms. The van der Waals surface area contributed by atoms with Gasteiger partial charge in [0.05, 0.1) is 28.1 Å². The van der Waals surface area contributed by atoms with Gasteiger partial charge in [-0.3, -0.25) is 0 Å². The monoisotopic (exact) mass is 291 g/mol. The van der Waals surface area contributed by atoms with Crippen LogP contribution < -0.4 is 10.5 Å². The standard InChI is InChI=1S/C13H13N3OS2/c1-3-17-8-4-5-9-10(6-8)18-13(15-9)11-7(2)16-19-12(11)14/h4-6H,3,14H2,1-2H3. The molecule has 0 amide bonds. The van der Waals surface area contributed by atoms with Gasteiger partial charge in [-0.2, -0.15) is 4.37 Å². The molecule has 2 N–H and O–H groups in total. The molecular formula is C13H13N3OS2. The second-order valence-corrected chi connectivity index (χ2v) is 5.92. The van der Waals surface area contributed by atoms with Crippen molar-refractivity contribution in [1.82, 2.24) is 9.36 Å². The lowest BCUT2D eigenvalue weighted by Gasteiger charge is -2.00. The number of hydrogen-bond donors (Lipinski definition) is 1. The van der Waals surface area contributed by atoms with E-state index >= 15 is 0 Å². The van der Waals surface area contributed by atoms with Crippen LogP contribution >= 0.6 is 22.9 Å². The molecule has 3 aromatic rings. The summed E-state index contributed by atoms with van der Waals surface area (Å²) in [5.74, 6) is 0.873. The summed E-state index contributed by atoms with van der Waals surface area (Å²) in [5.41, 5.74) is 8.84. The van der Waals surface area contributed by atoms with Crippen molar-refractivity contribution in [1.29, 1.82) is 0 Å². The van der Waals surface area contributed by atoms with Crippen molar-refractivity contribution >= 4 is 38.1 Å². The lowest BCUT2D eigenvalue weighted by atomic mass is 10.2. The van der Waals surface area contributed by atoms with Crippen LogP contribution in [0.3, 0.4) is 0 Å². The van der Waals surface area contributed by atoms with Gasteiger partial charge in [0.15, 0.2) is 0 Å². The van der Waals surface area contributed by atoms with E-state index in [1.807, 2.05) is 32.0 Å². The molecule has 4 nitrogen and oxygen atoms in total. The van der Waals surface area contributed by atoms with Crippen molar-refractivity contribution < 1.29 is 4.74 Å². The summed E-state index contributed by atoms with van der Waals surface area (Å²) in [4.78, 5) is 4.63. The van der Waals surface area contributed by atoms with Crippen molar-refractivity contribution in [2.24, 2.45) is 0 Å². The first-order valence-electron chi connectivity index (χ1n) is 5.94. The maximum absolute atomic E-state index is 5.97. The highest BCUT2D eigenvalue weighted by molar-refractivity contribution is 7.22. The molecule has 3 rings (SSSR count). The van der Waals surface area contributed by atoms with Crippen LogP contribution in [0.1, 0.15) is 12.6 Å². The van der Waals surface area contributed by atoms with Gasteiger partial charge in [-0.25, -0.2) is 4.98 Å². The van der Waals surface area contributed by atoms with Crippen LogP contribution in [-0.4, -0.2) is 16.0 Å². The van der Waals surface area contributed by atoms with Gasteiger partial charge in [0.2, 0.25) is 0 Å². The van der Waals surface area contributed by atoms with E-state index in [1.54, 1.807) is 11.3 Å². The number of thiazole rings is 1. The van der Waals surface area contributed by atoms with Gasteiger partial charge < -0.3 is 10.5 Å². The second-order valence-electron chi connectivity index (χ2n) is 4.09. The molecule has 0 saturated carbocycles. The van der Waals surface area contributed by atoms with E-state index in [-0.39, 0.29) is 0 Å². The van der Waals surface area contributed by atoms with E-state index in [4.69, 9.17) is 10.5 Å². The van der Waals surface area contributed by atoms with Gasteiger partial charge in [-0.1, -0.05) is 0 Å². The number of benzene rings is 1. The maximum atomic E-state index is 5.97. The molecule has 2 heterocycles. The van der Waals surface area contributed by atoms with Crippen molar-refractivity contribution in [3.63, 3.8) is 0 Å². The van der Waals surface area contributed by atoms with E-state index in [1.165, 1.54) is 11.5 Å². The fourth-order valence-corrected chi connectivity index (χ4v) is 3.75. The first-order valence-corrected chi connectivity index (χ1v) is 7.53. The minimum absolute atomic E-state index is 0.664. The molecule has 0 saturated heterocycles. The van der Waals surface area contributed by atoms with Crippen LogP contribution in [0.4, 0.5) is 5.00 Å². The topological polar surface area (TPSA) is 61.0 Å². The smallest absolute Gasteiger partial charge is 0.129 e. The Balaban J connectivity index is 2.11. The Hall–Kier alpha value is -1.66. The number of nitrogen functional groups attached to an aromatic ring is 1. The largest absolute Gasteiger partial charge is 0.494 e. The third kappa shape index (κ3) is 2.17. The Morgan fingerprint density at radius 1 is 1.37 bits per heavy atom. The highest BCUT2D eigenvalue weighted by atomic mass is 32.1. The predicted molar refractivity (Wildman–Crippen MR) is 81.0 cm³/mol. The van der Waals surface area contributed by atoms with E-state index in [0.717, 1.165) is 37.2 Å². The average molecular weight is 291 g/mol. The van der Waals surface area contributed by atoms with Gasteiger partial charge in [-0.05, 0) is 43.6 Å². The molecule has 0 atom stereocenters. The van der Waals surface area contributed by atoms with Crippen LogP contribution in [0, 0.1) is 6.92 Å². The van der Waals surface area contributed by atoms with E-state index in [0.29, 0.717) is 6.61 Å². The molecule has 98 valence electrons. The number of nitrogens with zero attached hydrogens (tertiary/aromatic N) is 2. The van der Waals surface area contributed by atoms with Gasteiger partial charge in [0.1, 0.15) is 15.8 Å². The molecule has 6 heteroatoms. The number of ether oxygens (including phenoxy) is 1. The predicted octanol–water partition coefficient (Wildman–Crippen LogP) is 3.71. The molecule has 0 aliphatic heterocycles. The van der Waals surface area contributed by atoms with Crippen LogP contribution in [0.25, 0.3) is 20.8 Å². The molecule has 0 unspecified atom stereocenters. The summed E-state index contributed by atoms with van der Waals surface area (Å²) in [6.45, 7) is 4.60. The number of rotatable bonds is 3. The highest BCUT2D eigenvalue weighted by Crippen LogP contribution is 2.38. The zero-order valence-electron chi connectivity index (χ0n) is 10.6. The SMILES string of the molecule is CCOc1ccc2nc(-c3c(C)nsc3N)sc2c1. The fourth-order valence-electron chi connectivity index (χ4n) is 1.92. The number of aromatic nitrogens is 2. The fraction of sp³-hybridized carbons (Fsp3) is 0.231. The van der Waals surface area contributed by atoms with E-state index < -0.39 is 0 Å². The molecule has 0 radical (unpaired) electrons. The van der Waals surface area contributed by atoms with E-state index in [9.17, 15) is 0 Å². The first-order chi connectivity index (χ1) is 9.19. The molecule has 19 heavy (non-hydrogen) atoms. The summed E-state index contributed by atoms with van der Waals surface area (Å²) in [5, 5.41) is 1.65. The normalized spacial score (nSPS) is 11.1. The lowest BCUT2D eigenvalue weighted by Crippen LogP contribution is -1.89. The Morgan fingerprint density at radius 3 is 2.89 bits per heavy atom. The second kappa shape index (κ2) is 4.79. The Bertz CT molecular complexity index is 713. The lowest BCUT2D eigenvalue weighted by molar-refractivity contribution is 0.341. The summed E-state index contributed by atoms with van der Waals surface area (Å²) < 4.78 is 10.9. The van der Waals surface area contributed by atoms with Gasteiger partial charge >= 0.3 is 0 Å². The number of aryl methyl sites for hydroxylation is 1. The number of hydrogen-bond acceptors (Lipinski definition) is 6.